The van der Waals surface area contributed by atoms with Crippen LogP contribution in [0.5, 0.6) is 0 Å². The third-order valence-corrected chi connectivity index (χ3v) is 4.31. The van der Waals surface area contributed by atoms with Crippen molar-refractivity contribution in [2.75, 3.05) is 0 Å². The van der Waals surface area contributed by atoms with Gasteiger partial charge in [0.1, 0.15) is 0 Å². The Hall–Kier alpha value is -2.15. The molecule has 22 heavy (non-hydrogen) atoms. The first-order valence-corrected chi connectivity index (χ1v) is 8.11. The Morgan fingerprint density at radius 3 is 2.18 bits per heavy atom. The molecule has 0 aliphatic heterocycles. The van der Waals surface area contributed by atoms with Crippen LogP contribution in [0.1, 0.15) is 36.1 Å². The van der Waals surface area contributed by atoms with E-state index >= 15 is 0 Å². The summed E-state index contributed by atoms with van der Waals surface area (Å²) in [4.78, 5) is 4.71. The molecular weight excluding hydrogens is 266 g/mol. The van der Waals surface area contributed by atoms with E-state index in [1.165, 1.54) is 38.6 Å². The maximum absolute atomic E-state index is 4.71. The van der Waals surface area contributed by atoms with Gasteiger partial charge in [0.15, 0.2) is 0 Å². The fourth-order valence-electron chi connectivity index (χ4n) is 3.27. The number of aromatic nitrogens is 1. The van der Waals surface area contributed by atoms with E-state index < -0.39 is 0 Å². The molecule has 0 amide bonds. The van der Waals surface area contributed by atoms with Gasteiger partial charge in [0.2, 0.25) is 0 Å². The first-order valence-electron chi connectivity index (χ1n) is 8.11. The minimum absolute atomic E-state index is 1.06. The minimum Gasteiger partial charge on any atom is -0.256 e. The van der Waals surface area contributed by atoms with Crippen molar-refractivity contribution in [3.05, 3.63) is 64.8 Å². The van der Waals surface area contributed by atoms with Crippen LogP contribution in [0.4, 0.5) is 0 Å². The molecule has 0 atom stereocenters. The fourth-order valence-corrected chi connectivity index (χ4v) is 3.27. The van der Waals surface area contributed by atoms with E-state index in [9.17, 15) is 0 Å². The lowest BCUT2D eigenvalue weighted by molar-refractivity contribution is 1.10. The first-order chi connectivity index (χ1) is 10.6. The quantitative estimate of drug-likeness (QED) is 0.607. The highest BCUT2D eigenvalue weighted by Crippen LogP contribution is 2.31. The molecular formula is C21H23N. The van der Waals surface area contributed by atoms with Gasteiger partial charge in [0.25, 0.3) is 0 Å². The Balaban J connectivity index is 2.34. The highest BCUT2D eigenvalue weighted by Gasteiger charge is 2.10. The van der Waals surface area contributed by atoms with Crippen molar-refractivity contribution in [3.63, 3.8) is 0 Å². The molecule has 0 saturated heterocycles. The van der Waals surface area contributed by atoms with Crippen molar-refractivity contribution in [3.8, 4) is 11.3 Å². The van der Waals surface area contributed by atoms with Gasteiger partial charge in [-0.3, -0.25) is 4.98 Å². The second-order valence-electron chi connectivity index (χ2n) is 6.09. The molecule has 0 aliphatic carbocycles. The predicted molar refractivity (Wildman–Crippen MR) is 95.4 cm³/mol. The number of benzene rings is 2. The third kappa shape index (κ3) is 2.64. The number of rotatable bonds is 3. The van der Waals surface area contributed by atoms with Crippen LogP contribution in [0, 0.1) is 13.8 Å². The summed E-state index contributed by atoms with van der Waals surface area (Å²) in [7, 11) is 0. The summed E-state index contributed by atoms with van der Waals surface area (Å²) in [5, 5.41) is 2.62. The number of fused-ring (bicyclic) bond motifs is 1. The Kier molecular flexibility index (Phi) is 3.98. The summed E-state index contributed by atoms with van der Waals surface area (Å²) < 4.78 is 0. The van der Waals surface area contributed by atoms with Gasteiger partial charge in [-0.15, -0.1) is 0 Å². The van der Waals surface area contributed by atoms with Crippen LogP contribution in [-0.2, 0) is 12.8 Å². The van der Waals surface area contributed by atoms with E-state index in [1.54, 1.807) is 0 Å². The third-order valence-electron chi connectivity index (χ3n) is 4.31. The van der Waals surface area contributed by atoms with Gasteiger partial charge in [-0.2, -0.15) is 0 Å². The van der Waals surface area contributed by atoms with Gasteiger partial charge in [0.05, 0.1) is 5.69 Å². The van der Waals surface area contributed by atoms with Crippen LogP contribution in [-0.4, -0.2) is 4.98 Å². The van der Waals surface area contributed by atoms with Gasteiger partial charge in [-0.1, -0.05) is 37.1 Å². The number of nitrogens with zero attached hydrogens (tertiary/aromatic N) is 1. The zero-order valence-electron chi connectivity index (χ0n) is 13.9. The van der Waals surface area contributed by atoms with E-state index in [0.717, 1.165) is 18.5 Å². The van der Waals surface area contributed by atoms with Crippen LogP contribution in [0.2, 0.25) is 0 Å². The number of pyridine rings is 1. The molecule has 3 rings (SSSR count). The zero-order valence-corrected chi connectivity index (χ0v) is 13.9. The maximum Gasteiger partial charge on any atom is 0.0780 e. The van der Waals surface area contributed by atoms with E-state index in [1.807, 2.05) is 6.20 Å². The van der Waals surface area contributed by atoms with Crippen molar-refractivity contribution < 1.29 is 0 Å². The maximum atomic E-state index is 4.71. The van der Waals surface area contributed by atoms with Crippen LogP contribution in [0.15, 0.2) is 42.6 Å². The SMILES string of the molecule is CCc1cc(CC)c2ccnc(-c3cc(C)cc(C)c3)c2c1. The molecule has 0 fully saturated rings. The summed E-state index contributed by atoms with van der Waals surface area (Å²) >= 11 is 0. The molecule has 1 heteroatoms. The van der Waals surface area contributed by atoms with Crippen molar-refractivity contribution in [1.29, 1.82) is 0 Å². The lowest BCUT2D eigenvalue weighted by Gasteiger charge is -2.12. The summed E-state index contributed by atoms with van der Waals surface area (Å²) in [6, 6.07) is 13.5. The average Bonchev–Trinajstić information content (AvgIpc) is 2.52. The molecule has 0 unspecified atom stereocenters. The average molecular weight is 289 g/mol. The molecule has 0 spiro atoms. The van der Waals surface area contributed by atoms with Crippen LogP contribution >= 0.6 is 0 Å². The topological polar surface area (TPSA) is 12.9 Å². The van der Waals surface area contributed by atoms with Crippen molar-refractivity contribution >= 4 is 10.8 Å². The summed E-state index contributed by atoms with van der Waals surface area (Å²) in [5.74, 6) is 0. The van der Waals surface area contributed by atoms with Crippen molar-refractivity contribution in [2.24, 2.45) is 0 Å². The Morgan fingerprint density at radius 2 is 1.55 bits per heavy atom. The molecule has 0 N–H and O–H groups in total. The lowest BCUT2D eigenvalue weighted by Crippen LogP contribution is -1.93. The number of hydrogen-bond donors (Lipinski definition) is 0. The molecule has 0 radical (unpaired) electrons. The number of aryl methyl sites for hydroxylation is 4. The second-order valence-corrected chi connectivity index (χ2v) is 6.09. The van der Waals surface area contributed by atoms with E-state index in [-0.39, 0.29) is 0 Å². The summed E-state index contributed by atoms with van der Waals surface area (Å²) in [6.07, 6.45) is 4.06. The first kappa shape index (κ1) is 14.8. The monoisotopic (exact) mass is 289 g/mol. The molecule has 1 nitrogen and oxygen atoms in total. The highest BCUT2D eigenvalue weighted by molar-refractivity contribution is 5.97. The standard InChI is InChI=1S/C21H23N/c1-5-16-12-17(6-2)19-7-8-22-21(20(19)13-16)18-10-14(3)9-15(4)11-18/h7-13H,5-6H2,1-4H3. The molecule has 1 heterocycles. The molecule has 3 aromatic rings. The molecule has 2 aromatic carbocycles. The molecule has 0 saturated carbocycles. The zero-order chi connectivity index (χ0) is 15.7. The lowest BCUT2D eigenvalue weighted by atomic mass is 9.94. The van der Waals surface area contributed by atoms with Gasteiger partial charge >= 0.3 is 0 Å². The Labute approximate surface area is 133 Å². The summed E-state index contributed by atoms with van der Waals surface area (Å²) in [6.45, 7) is 8.74. The van der Waals surface area contributed by atoms with Crippen molar-refractivity contribution in [2.45, 2.75) is 40.5 Å². The predicted octanol–water partition coefficient (Wildman–Crippen LogP) is 5.64. The largest absolute Gasteiger partial charge is 0.256 e. The van der Waals surface area contributed by atoms with Gasteiger partial charge in [0, 0.05) is 17.1 Å². The van der Waals surface area contributed by atoms with E-state index in [0.29, 0.717) is 0 Å². The second kappa shape index (κ2) is 5.92. The van der Waals surface area contributed by atoms with Crippen LogP contribution < -0.4 is 0 Å². The van der Waals surface area contributed by atoms with E-state index in [4.69, 9.17) is 4.98 Å². The molecule has 1 aromatic heterocycles. The van der Waals surface area contributed by atoms with Crippen molar-refractivity contribution in [1.82, 2.24) is 4.98 Å². The normalized spacial score (nSPS) is 11.1. The van der Waals surface area contributed by atoms with Gasteiger partial charge in [-0.05, 0) is 67.5 Å². The van der Waals surface area contributed by atoms with Gasteiger partial charge < -0.3 is 0 Å². The Bertz CT molecular complexity index is 810. The van der Waals surface area contributed by atoms with E-state index in [2.05, 4.69) is 64.1 Å². The summed E-state index contributed by atoms with van der Waals surface area (Å²) in [5.41, 5.74) is 7.71. The highest BCUT2D eigenvalue weighted by atomic mass is 14.7. The van der Waals surface area contributed by atoms with Gasteiger partial charge in [-0.25, -0.2) is 0 Å². The minimum atomic E-state index is 1.06. The molecule has 112 valence electrons. The molecule has 0 bridgehead atoms. The van der Waals surface area contributed by atoms with Crippen LogP contribution in [0.25, 0.3) is 22.0 Å². The number of hydrogen-bond acceptors (Lipinski definition) is 1. The van der Waals surface area contributed by atoms with Crippen LogP contribution in [0.3, 0.4) is 0 Å². The smallest absolute Gasteiger partial charge is 0.0780 e. The molecule has 0 aliphatic rings. The Morgan fingerprint density at radius 1 is 0.818 bits per heavy atom. The fraction of sp³-hybridized carbons (Fsp3) is 0.286.